The third-order valence-corrected chi connectivity index (χ3v) is 2.76. The lowest BCUT2D eigenvalue weighted by Crippen LogP contribution is -2.44. The fraction of sp³-hybridized carbons (Fsp3) is 1.00. The van der Waals surface area contributed by atoms with Crippen LogP contribution in [0.15, 0.2) is 0 Å². The SMILES string of the molecule is CC[C@@H](O)C1(CO)CCC1. The Labute approximate surface area is 61.9 Å². The van der Waals surface area contributed by atoms with Crippen LogP contribution < -0.4 is 0 Å². The first-order chi connectivity index (χ1) is 4.75. The van der Waals surface area contributed by atoms with E-state index in [1.54, 1.807) is 0 Å². The van der Waals surface area contributed by atoms with Crippen LogP contribution in [0.1, 0.15) is 32.6 Å². The third-order valence-electron chi connectivity index (χ3n) is 2.76. The van der Waals surface area contributed by atoms with E-state index in [4.69, 9.17) is 5.11 Å². The highest BCUT2D eigenvalue weighted by Crippen LogP contribution is 2.44. The number of hydrogen-bond donors (Lipinski definition) is 2. The molecule has 2 nitrogen and oxygen atoms in total. The zero-order chi connectivity index (χ0) is 7.61. The van der Waals surface area contributed by atoms with Gasteiger partial charge in [-0.05, 0) is 19.3 Å². The zero-order valence-electron chi connectivity index (χ0n) is 6.51. The molecule has 0 aromatic carbocycles. The summed E-state index contributed by atoms with van der Waals surface area (Å²) in [6.07, 6.45) is 3.64. The van der Waals surface area contributed by atoms with Crippen molar-refractivity contribution in [1.82, 2.24) is 0 Å². The molecule has 1 rings (SSSR count). The summed E-state index contributed by atoms with van der Waals surface area (Å²) in [5.74, 6) is 0. The second kappa shape index (κ2) is 2.89. The van der Waals surface area contributed by atoms with Crippen LogP contribution in [-0.2, 0) is 0 Å². The zero-order valence-corrected chi connectivity index (χ0v) is 6.51. The van der Waals surface area contributed by atoms with E-state index < -0.39 is 0 Å². The molecule has 0 radical (unpaired) electrons. The first-order valence-electron chi connectivity index (χ1n) is 4.04. The minimum absolute atomic E-state index is 0.116. The largest absolute Gasteiger partial charge is 0.396 e. The molecule has 0 aromatic rings. The van der Waals surface area contributed by atoms with Gasteiger partial charge in [0.2, 0.25) is 0 Å². The Morgan fingerprint density at radius 1 is 1.50 bits per heavy atom. The molecule has 0 spiro atoms. The Hall–Kier alpha value is -0.0800. The van der Waals surface area contributed by atoms with Gasteiger partial charge in [0.25, 0.3) is 0 Å². The normalized spacial score (nSPS) is 25.5. The van der Waals surface area contributed by atoms with Crippen molar-refractivity contribution in [3.8, 4) is 0 Å². The van der Waals surface area contributed by atoms with Crippen LogP contribution in [0.5, 0.6) is 0 Å². The van der Waals surface area contributed by atoms with Crippen LogP contribution in [-0.4, -0.2) is 22.9 Å². The average molecular weight is 144 g/mol. The van der Waals surface area contributed by atoms with Crippen molar-refractivity contribution in [2.45, 2.75) is 38.7 Å². The molecule has 0 aliphatic heterocycles. The van der Waals surface area contributed by atoms with Gasteiger partial charge >= 0.3 is 0 Å². The lowest BCUT2D eigenvalue weighted by Gasteiger charge is -2.43. The Morgan fingerprint density at radius 2 is 2.10 bits per heavy atom. The number of aliphatic hydroxyl groups excluding tert-OH is 2. The fourth-order valence-corrected chi connectivity index (χ4v) is 1.66. The highest BCUT2D eigenvalue weighted by atomic mass is 16.3. The van der Waals surface area contributed by atoms with Gasteiger partial charge in [-0.1, -0.05) is 13.3 Å². The van der Waals surface area contributed by atoms with E-state index in [2.05, 4.69) is 0 Å². The van der Waals surface area contributed by atoms with Gasteiger partial charge in [0, 0.05) is 5.41 Å². The van der Waals surface area contributed by atoms with Crippen molar-refractivity contribution < 1.29 is 10.2 Å². The summed E-state index contributed by atoms with van der Waals surface area (Å²) in [5.41, 5.74) is -0.116. The molecule has 0 bridgehead atoms. The molecule has 0 amide bonds. The monoisotopic (exact) mass is 144 g/mol. The van der Waals surface area contributed by atoms with E-state index >= 15 is 0 Å². The Kier molecular flexibility index (Phi) is 2.32. The molecule has 0 unspecified atom stereocenters. The first kappa shape index (κ1) is 8.02. The van der Waals surface area contributed by atoms with Crippen molar-refractivity contribution in [2.24, 2.45) is 5.41 Å². The van der Waals surface area contributed by atoms with Crippen LogP contribution in [0.3, 0.4) is 0 Å². The molecule has 0 heterocycles. The number of hydrogen-bond acceptors (Lipinski definition) is 2. The molecule has 1 atom stereocenters. The predicted molar refractivity (Wildman–Crippen MR) is 39.7 cm³/mol. The third kappa shape index (κ3) is 1.06. The van der Waals surface area contributed by atoms with Crippen LogP contribution in [0.2, 0.25) is 0 Å². The number of rotatable bonds is 3. The molecule has 1 aliphatic carbocycles. The van der Waals surface area contributed by atoms with E-state index in [9.17, 15) is 5.11 Å². The van der Waals surface area contributed by atoms with Gasteiger partial charge in [-0.15, -0.1) is 0 Å². The van der Waals surface area contributed by atoms with Gasteiger partial charge < -0.3 is 10.2 Å². The molecule has 0 aromatic heterocycles. The lowest BCUT2D eigenvalue weighted by molar-refractivity contribution is -0.0721. The van der Waals surface area contributed by atoms with Gasteiger partial charge in [0.05, 0.1) is 12.7 Å². The maximum absolute atomic E-state index is 9.47. The van der Waals surface area contributed by atoms with E-state index in [0.717, 1.165) is 25.7 Å². The maximum Gasteiger partial charge on any atom is 0.0615 e. The van der Waals surface area contributed by atoms with Gasteiger partial charge in [0.15, 0.2) is 0 Å². The summed E-state index contributed by atoms with van der Waals surface area (Å²) < 4.78 is 0. The highest BCUT2D eigenvalue weighted by Gasteiger charge is 2.41. The summed E-state index contributed by atoms with van der Waals surface area (Å²) in [6, 6.07) is 0. The minimum atomic E-state index is -0.286. The van der Waals surface area contributed by atoms with E-state index in [1.807, 2.05) is 6.92 Å². The van der Waals surface area contributed by atoms with Crippen LogP contribution >= 0.6 is 0 Å². The topological polar surface area (TPSA) is 40.5 Å². The molecule has 0 saturated heterocycles. The van der Waals surface area contributed by atoms with Gasteiger partial charge in [-0.25, -0.2) is 0 Å². The summed E-state index contributed by atoms with van der Waals surface area (Å²) in [4.78, 5) is 0. The summed E-state index contributed by atoms with van der Waals surface area (Å²) in [6.45, 7) is 2.11. The second-order valence-corrected chi connectivity index (χ2v) is 3.30. The molecule has 1 fully saturated rings. The van der Waals surface area contributed by atoms with E-state index in [1.165, 1.54) is 0 Å². The quantitative estimate of drug-likeness (QED) is 0.618. The Balaban J connectivity index is 2.46. The summed E-state index contributed by atoms with van der Waals surface area (Å²) in [5, 5.41) is 18.4. The van der Waals surface area contributed by atoms with Crippen molar-refractivity contribution in [3.63, 3.8) is 0 Å². The predicted octanol–water partition coefficient (Wildman–Crippen LogP) is 0.920. The second-order valence-electron chi connectivity index (χ2n) is 3.30. The molecule has 2 heteroatoms. The first-order valence-corrected chi connectivity index (χ1v) is 4.04. The summed E-state index contributed by atoms with van der Waals surface area (Å²) >= 11 is 0. The molecule has 60 valence electrons. The molecule has 10 heavy (non-hydrogen) atoms. The highest BCUT2D eigenvalue weighted by molar-refractivity contribution is 4.92. The maximum atomic E-state index is 9.47. The van der Waals surface area contributed by atoms with Crippen molar-refractivity contribution in [3.05, 3.63) is 0 Å². The van der Waals surface area contributed by atoms with Gasteiger partial charge in [-0.3, -0.25) is 0 Å². The van der Waals surface area contributed by atoms with Crippen molar-refractivity contribution >= 4 is 0 Å². The van der Waals surface area contributed by atoms with Gasteiger partial charge in [-0.2, -0.15) is 0 Å². The molecule has 1 saturated carbocycles. The Bertz CT molecular complexity index is 102. The van der Waals surface area contributed by atoms with Crippen molar-refractivity contribution in [1.29, 1.82) is 0 Å². The fourth-order valence-electron chi connectivity index (χ4n) is 1.66. The number of aliphatic hydroxyl groups is 2. The van der Waals surface area contributed by atoms with Crippen LogP contribution in [0.25, 0.3) is 0 Å². The Morgan fingerprint density at radius 3 is 2.20 bits per heavy atom. The van der Waals surface area contributed by atoms with Gasteiger partial charge in [0.1, 0.15) is 0 Å². The molecule has 1 aliphatic rings. The van der Waals surface area contributed by atoms with Crippen molar-refractivity contribution in [2.75, 3.05) is 6.61 Å². The molecule has 2 N–H and O–H groups in total. The summed E-state index contributed by atoms with van der Waals surface area (Å²) in [7, 11) is 0. The smallest absolute Gasteiger partial charge is 0.0615 e. The van der Waals surface area contributed by atoms with Crippen LogP contribution in [0, 0.1) is 5.41 Å². The molecular formula is C8H16O2. The average Bonchev–Trinajstić information content (AvgIpc) is 1.86. The van der Waals surface area contributed by atoms with E-state index in [-0.39, 0.29) is 18.1 Å². The molecular weight excluding hydrogens is 128 g/mol. The van der Waals surface area contributed by atoms with Crippen LogP contribution in [0.4, 0.5) is 0 Å². The lowest BCUT2D eigenvalue weighted by atomic mass is 9.65. The standard InChI is InChI=1S/C8H16O2/c1-2-7(10)8(6-9)4-3-5-8/h7,9-10H,2-6H2,1H3/t7-/m1/s1. The van der Waals surface area contributed by atoms with E-state index in [0.29, 0.717) is 0 Å². The minimum Gasteiger partial charge on any atom is -0.396 e.